The fraction of sp³-hybridized carbons (Fsp3) is 0.533. The van der Waals surface area contributed by atoms with Gasteiger partial charge in [-0.2, -0.15) is 0 Å². The van der Waals surface area contributed by atoms with Crippen molar-refractivity contribution in [1.29, 1.82) is 0 Å². The van der Waals surface area contributed by atoms with Crippen molar-refractivity contribution < 1.29 is 9.53 Å². The van der Waals surface area contributed by atoms with Gasteiger partial charge in [-0.05, 0) is 34.1 Å². The third-order valence-corrected chi connectivity index (χ3v) is 3.22. The number of hydrogen-bond acceptors (Lipinski definition) is 5. The molecule has 1 aromatic rings. The number of carbonyl (C=O) groups is 1. The van der Waals surface area contributed by atoms with Crippen LogP contribution in [0.1, 0.15) is 44.6 Å². The van der Waals surface area contributed by atoms with Crippen LogP contribution < -0.4 is 5.73 Å². The summed E-state index contributed by atoms with van der Waals surface area (Å²) < 4.78 is 5.04. The molecule has 0 aromatic carbocycles. The molecule has 0 spiro atoms. The summed E-state index contributed by atoms with van der Waals surface area (Å²) in [6.07, 6.45) is 0.761. The van der Waals surface area contributed by atoms with Crippen molar-refractivity contribution in [3.8, 4) is 0 Å². The molecular weight excluding hydrogens is 282 g/mol. The lowest BCUT2D eigenvalue weighted by Crippen LogP contribution is -2.08. The number of aliphatic imine (C=N–C) groups is 2. The summed E-state index contributed by atoms with van der Waals surface area (Å²) in [5, 5.41) is 0. The maximum atomic E-state index is 11.7. The lowest BCUT2D eigenvalue weighted by atomic mass is 10.2. The van der Waals surface area contributed by atoms with Crippen LogP contribution in [0.4, 0.5) is 5.82 Å². The molecule has 2 rings (SSSR count). The first kappa shape index (κ1) is 16.1. The summed E-state index contributed by atoms with van der Waals surface area (Å²) in [6, 6.07) is 1.79. The zero-order chi connectivity index (χ0) is 16.3. The number of nitrogens with two attached hydrogens (primary N) is 1. The molecule has 118 valence electrons. The van der Waals surface area contributed by atoms with E-state index in [4.69, 9.17) is 10.5 Å². The van der Waals surface area contributed by atoms with Gasteiger partial charge in [0.2, 0.25) is 0 Å². The first-order valence-electron chi connectivity index (χ1n) is 7.29. The van der Waals surface area contributed by atoms with E-state index >= 15 is 0 Å². The monoisotopic (exact) mass is 303 g/mol. The van der Waals surface area contributed by atoms with Gasteiger partial charge in [0, 0.05) is 12.0 Å². The number of amidine groups is 2. The van der Waals surface area contributed by atoms with E-state index in [2.05, 4.69) is 20.0 Å². The van der Waals surface area contributed by atoms with Gasteiger partial charge in [-0.15, -0.1) is 0 Å². The van der Waals surface area contributed by atoms with E-state index in [1.54, 1.807) is 33.8 Å². The Morgan fingerprint density at radius 1 is 1.45 bits per heavy atom. The minimum atomic E-state index is -0.159. The molecule has 1 saturated carbocycles. The highest BCUT2D eigenvalue weighted by Gasteiger charge is 2.46. The molecular formula is C15H21N5O2. The highest BCUT2D eigenvalue weighted by atomic mass is 16.5. The zero-order valence-corrected chi connectivity index (χ0v) is 13.3. The number of esters is 1. The van der Waals surface area contributed by atoms with Crippen molar-refractivity contribution in [2.45, 2.75) is 40.0 Å². The van der Waals surface area contributed by atoms with Gasteiger partial charge < -0.3 is 10.5 Å². The van der Waals surface area contributed by atoms with Crippen molar-refractivity contribution >= 4 is 23.5 Å². The third-order valence-electron chi connectivity index (χ3n) is 3.22. The fourth-order valence-electron chi connectivity index (χ4n) is 2.30. The molecule has 0 saturated heterocycles. The van der Waals surface area contributed by atoms with Crippen molar-refractivity contribution in [2.24, 2.45) is 21.6 Å². The van der Waals surface area contributed by atoms with Gasteiger partial charge in [0.15, 0.2) is 5.82 Å². The van der Waals surface area contributed by atoms with Crippen LogP contribution in [0.25, 0.3) is 0 Å². The van der Waals surface area contributed by atoms with Gasteiger partial charge in [0.1, 0.15) is 11.7 Å². The maximum Gasteiger partial charge on any atom is 0.309 e. The largest absolute Gasteiger partial charge is 0.466 e. The lowest BCUT2D eigenvalue weighted by molar-refractivity contribution is -0.144. The maximum absolute atomic E-state index is 11.7. The number of carbonyl (C=O) groups excluding carboxylic acids is 1. The predicted octanol–water partition coefficient (Wildman–Crippen LogP) is 1.88. The number of ether oxygens (including phenoxy) is 1. The number of hydrogen-bond donors (Lipinski definition) is 1. The van der Waals surface area contributed by atoms with Crippen LogP contribution in [0.3, 0.4) is 0 Å². The van der Waals surface area contributed by atoms with Gasteiger partial charge in [0.05, 0.1) is 24.1 Å². The molecule has 1 fully saturated rings. The van der Waals surface area contributed by atoms with Crippen LogP contribution in [0.5, 0.6) is 0 Å². The Balaban J connectivity index is 2.19. The number of aromatic nitrogens is 2. The first-order valence-corrected chi connectivity index (χ1v) is 7.29. The average molecular weight is 303 g/mol. The lowest BCUT2D eigenvalue weighted by Gasteiger charge is -2.04. The standard InChI is InChI=1S/C15H21N5O2/c1-5-22-15(21)12-6-11(12)13-7-14(20-10(4)18-13)19-9(3)17-8(2)16/h7,11-12H,5-6H2,1-4H3,(H2,16,17,18,19,20). The molecule has 0 bridgehead atoms. The van der Waals surface area contributed by atoms with Gasteiger partial charge in [-0.1, -0.05) is 0 Å². The van der Waals surface area contributed by atoms with Crippen molar-refractivity contribution in [1.82, 2.24) is 9.97 Å². The van der Waals surface area contributed by atoms with Crippen LogP contribution in [-0.2, 0) is 9.53 Å². The Hall–Kier alpha value is -2.31. The molecule has 1 aliphatic rings. The van der Waals surface area contributed by atoms with E-state index in [0.717, 1.165) is 12.1 Å². The summed E-state index contributed by atoms with van der Waals surface area (Å²) in [4.78, 5) is 28.8. The summed E-state index contributed by atoms with van der Waals surface area (Å²) in [5.41, 5.74) is 6.35. The molecule has 0 radical (unpaired) electrons. The second kappa shape index (κ2) is 6.64. The Labute approximate surface area is 129 Å². The number of nitrogens with zero attached hydrogens (tertiary/aromatic N) is 4. The molecule has 2 atom stereocenters. The normalized spacial score (nSPS) is 21.6. The average Bonchev–Trinajstić information content (AvgIpc) is 3.17. The van der Waals surface area contributed by atoms with Crippen LogP contribution in [0, 0.1) is 12.8 Å². The van der Waals surface area contributed by atoms with E-state index in [0.29, 0.717) is 29.9 Å². The zero-order valence-electron chi connectivity index (χ0n) is 13.3. The number of aryl methyl sites for hydroxylation is 1. The summed E-state index contributed by atoms with van der Waals surface area (Å²) >= 11 is 0. The van der Waals surface area contributed by atoms with Gasteiger partial charge >= 0.3 is 5.97 Å². The number of rotatable bonds is 4. The van der Waals surface area contributed by atoms with E-state index in [1.807, 2.05) is 0 Å². The smallest absolute Gasteiger partial charge is 0.309 e. The Bertz CT molecular complexity index is 635. The van der Waals surface area contributed by atoms with Gasteiger partial charge in [-0.25, -0.2) is 20.0 Å². The topological polar surface area (TPSA) is 103 Å². The quantitative estimate of drug-likeness (QED) is 0.519. The molecule has 7 nitrogen and oxygen atoms in total. The first-order chi connectivity index (χ1) is 10.4. The fourth-order valence-corrected chi connectivity index (χ4v) is 2.30. The predicted molar refractivity (Wildman–Crippen MR) is 84.3 cm³/mol. The van der Waals surface area contributed by atoms with Crippen molar-refractivity contribution in [2.75, 3.05) is 6.61 Å². The molecule has 2 unspecified atom stereocenters. The molecule has 1 aromatic heterocycles. The molecule has 7 heteroatoms. The molecule has 0 aliphatic heterocycles. The summed E-state index contributed by atoms with van der Waals surface area (Å²) in [7, 11) is 0. The SMILES string of the molecule is CCOC(=O)C1CC1c1cc(N=C(C)N=C(C)N)nc(C)n1. The summed E-state index contributed by atoms with van der Waals surface area (Å²) in [6.45, 7) is 7.46. The molecule has 1 heterocycles. The van der Waals surface area contributed by atoms with E-state index in [9.17, 15) is 4.79 Å². The minimum absolute atomic E-state index is 0.0924. The van der Waals surface area contributed by atoms with Gasteiger partial charge in [0.25, 0.3) is 0 Å². The van der Waals surface area contributed by atoms with Gasteiger partial charge in [-0.3, -0.25) is 4.79 Å². The van der Waals surface area contributed by atoms with E-state index < -0.39 is 0 Å². The van der Waals surface area contributed by atoms with E-state index in [-0.39, 0.29) is 17.8 Å². The highest BCUT2D eigenvalue weighted by molar-refractivity contribution is 5.94. The molecule has 0 amide bonds. The van der Waals surface area contributed by atoms with Crippen LogP contribution >= 0.6 is 0 Å². The minimum Gasteiger partial charge on any atom is -0.466 e. The van der Waals surface area contributed by atoms with Crippen molar-refractivity contribution in [3.05, 3.63) is 17.6 Å². The Morgan fingerprint density at radius 3 is 2.82 bits per heavy atom. The second-order valence-electron chi connectivity index (χ2n) is 5.31. The highest BCUT2D eigenvalue weighted by Crippen LogP contribution is 2.47. The Morgan fingerprint density at radius 2 is 2.18 bits per heavy atom. The van der Waals surface area contributed by atoms with Crippen LogP contribution in [0.15, 0.2) is 16.1 Å². The molecule has 1 aliphatic carbocycles. The molecule has 22 heavy (non-hydrogen) atoms. The summed E-state index contributed by atoms with van der Waals surface area (Å²) in [5.74, 6) is 1.95. The van der Waals surface area contributed by atoms with Crippen molar-refractivity contribution in [3.63, 3.8) is 0 Å². The third kappa shape index (κ3) is 4.09. The Kier molecular flexibility index (Phi) is 4.85. The van der Waals surface area contributed by atoms with Crippen LogP contribution in [-0.4, -0.2) is 34.2 Å². The van der Waals surface area contributed by atoms with Crippen LogP contribution in [0.2, 0.25) is 0 Å². The second-order valence-corrected chi connectivity index (χ2v) is 5.31. The van der Waals surface area contributed by atoms with E-state index in [1.165, 1.54) is 0 Å². The molecule has 2 N–H and O–H groups in total.